The molecule has 1 amide bonds. The molecule has 0 aromatic heterocycles. The molecule has 33 heavy (non-hydrogen) atoms. The standard InChI is InChI=1S/C18H18BrFN2O4S.C2H2O4/c19-14-1-5-16(6-2-14)26-13-18(23)21-9-11-22(12-10-21)27(24,25)17-7-3-15(20)4-8-17;3-1(4)2(5)6/h1-8H,9-13H2;(H,3,4)(H,5,6). The maximum Gasteiger partial charge on any atom is 0.414 e. The summed E-state index contributed by atoms with van der Waals surface area (Å²) in [6.07, 6.45) is 0. The Kier molecular flexibility index (Phi) is 9.32. The first-order chi connectivity index (χ1) is 15.5. The highest BCUT2D eigenvalue weighted by Crippen LogP contribution is 2.19. The smallest absolute Gasteiger partial charge is 0.414 e. The van der Waals surface area contributed by atoms with Gasteiger partial charge in [0.05, 0.1) is 4.90 Å². The van der Waals surface area contributed by atoms with Crippen molar-refractivity contribution < 1.29 is 42.1 Å². The molecular weight excluding hydrogens is 527 g/mol. The maximum atomic E-state index is 13.0. The van der Waals surface area contributed by atoms with E-state index < -0.39 is 27.8 Å². The monoisotopic (exact) mass is 546 g/mol. The maximum absolute atomic E-state index is 13.0. The summed E-state index contributed by atoms with van der Waals surface area (Å²) < 4.78 is 45.9. The zero-order chi connectivity index (χ0) is 24.6. The highest BCUT2D eigenvalue weighted by molar-refractivity contribution is 9.10. The molecule has 13 heteroatoms. The van der Waals surface area contributed by atoms with E-state index in [2.05, 4.69) is 15.9 Å². The molecule has 0 atom stereocenters. The second-order valence-electron chi connectivity index (χ2n) is 6.59. The van der Waals surface area contributed by atoms with Gasteiger partial charge in [-0.05, 0) is 48.5 Å². The number of sulfonamides is 1. The van der Waals surface area contributed by atoms with Gasteiger partial charge in [0.15, 0.2) is 6.61 Å². The van der Waals surface area contributed by atoms with E-state index >= 15 is 0 Å². The lowest BCUT2D eigenvalue weighted by atomic mass is 10.3. The van der Waals surface area contributed by atoms with E-state index in [1.165, 1.54) is 16.4 Å². The van der Waals surface area contributed by atoms with Crippen molar-refractivity contribution in [3.8, 4) is 5.75 Å². The number of carbonyl (C=O) groups excluding carboxylic acids is 1. The summed E-state index contributed by atoms with van der Waals surface area (Å²) in [4.78, 5) is 32.1. The summed E-state index contributed by atoms with van der Waals surface area (Å²) in [6.45, 7) is 0.825. The van der Waals surface area contributed by atoms with Crippen LogP contribution in [-0.4, -0.2) is 78.5 Å². The SMILES string of the molecule is O=C(COc1ccc(Br)cc1)N1CCN(S(=O)(=O)c2ccc(F)cc2)CC1.O=C(O)C(=O)O. The van der Waals surface area contributed by atoms with Crippen LogP contribution in [0.1, 0.15) is 0 Å². The average molecular weight is 547 g/mol. The minimum atomic E-state index is -3.69. The number of halogens is 2. The molecule has 0 saturated carbocycles. The number of ether oxygens (including phenoxy) is 1. The van der Waals surface area contributed by atoms with E-state index in [0.29, 0.717) is 5.75 Å². The molecule has 2 aromatic carbocycles. The van der Waals surface area contributed by atoms with Crippen LogP contribution in [0.25, 0.3) is 0 Å². The van der Waals surface area contributed by atoms with Gasteiger partial charge < -0.3 is 19.8 Å². The predicted octanol–water partition coefficient (Wildman–Crippen LogP) is 1.66. The largest absolute Gasteiger partial charge is 0.484 e. The lowest BCUT2D eigenvalue weighted by molar-refractivity contribution is -0.159. The van der Waals surface area contributed by atoms with Gasteiger partial charge in [0.25, 0.3) is 5.91 Å². The van der Waals surface area contributed by atoms with Crippen LogP contribution in [0.2, 0.25) is 0 Å². The summed E-state index contributed by atoms with van der Waals surface area (Å²) in [5, 5.41) is 14.8. The van der Waals surface area contributed by atoms with Gasteiger partial charge in [-0.3, -0.25) is 4.79 Å². The van der Waals surface area contributed by atoms with Crippen LogP contribution in [0.4, 0.5) is 4.39 Å². The van der Waals surface area contributed by atoms with Crippen molar-refractivity contribution >= 4 is 43.8 Å². The van der Waals surface area contributed by atoms with Crippen molar-refractivity contribution in [1.82, 2.24) is 9.21 Å². The Balaban J connectivity index is 0.000000569. The first-order valence-electron chi connectivity index (χ1n) is 9.39. The van der Waals surface area contributed by atoms with Crippen LogP contribution >= 0.6 is 15.9 Å². The predicted molar refractivity (Wildman–Crippen MR) is 117 cm³/mol. The van der Waals surface area contributed by atoms with Crippen molar-refractivity contribution in [3.05, 3.63) is 58.8 Å². The molecule has 3 rings (SSSR count). The van der Waals surface area contributed by atoms with Gasteiger partial charge in [-0.25, -0.2) is 22.4 Å². The van der Waals surface area contributed by atoms with Gasteiger partial charge in [-0.2, -0.15) is 4.31 Å². The van der Waals surface area contributed by atoms with Crippen molar-refractivity contribution in [1.29, 1.82) is 0 Å². The van der Waals surface area contributed by atoms with Gasteiger partial charge in [-0.1, -0.05) is 15.9 Å². The highest BCUT2D eigenvalue weighted by Gasteiger charge is 2.30. The fraction of sp³-hybridized carbons (Fsp3) is 0.250. The Morgan fingerprint density at radius 2 is 1.42 bits per heavy atom. The van der Waals surface area contributed by atoms with E-state index in [1.54, 1.807) is 17.0 Å². The van der Waals surface area contributed by atoms with Crippen LogP contribution in [0.15, 0.2) is 57.9 Å². The quantitative estimate of drug-likeness (QED) is 0.539. The van der Waals surface area contributed by atoms with Crippen molar-refractivity contribution in [3.63, 3.8) is 0 Å². The molecule has 1 aliphatic heterocycles. The van der Waals surface area contributed by atoms with E-state index in [1.807, 2.05) is 12.1 Å². The Hall–Kier alpha value is -3.03. The van der Waals surface area contributed by atoms with Gasteiger partial charge in [0, 0.05) is 30.7 Å². The number of carbonyl (C=O) groups is 3. The number of amides is 1. The van der Waals surface area contributed by atoms with Crippen molar-refractivity contribution in [2.24, 2.45) is 0 Å². The second kappa shape index (κ2) is 11.7. The van der Waals surface area contributed by atoms with Crippen LogP contribution in [0.5, 0.6) is 5.75 Å². The topological polar surface area (TPSA) is 142 Å². The summed E-state index contributed by atoms with van der Waals surface area (Å²) in [5.41, 5.74) is 0. The number of rotatable bonds is 5. The Bertz CT molecular complexity index is 1070. The zero-order valence-corrected chi connectivity index (χ0v) is 19.5. The molecule has 10 nitrogen and oxygen atoms in total. The van der Waals surface area contributed by atoms with Crippen LogP contribution in [-0.2, 0) is 24.4 Å². The second-order valence-corrected chi connectivity index (χ2v) is 9.45. The molecule has 1 saturated heterocycles. The molecule has 178 valence electrons. The van der Waals surface area contributed by atoms with Crippen LogP contribution in [0, 0.1) is 5.82 Å². The Morgan fingerprint density at radius 1 is 0.909 bits per heavy atom. The molecule has 0 radical (unpaired) electrons. The first-order valence-corrected chi connectivity index (χ1v) is 11.6. The van der Waals surface area contributed by atoms with Crippen molar-refractivity contribution in [2.75, 3.05) is 32.8 Å². The molecule has 0 bridgehead atoms. The van der Waals surface area contributed by atoms with Gasteiger partial charge in [0.1, 0.15) is 11.6 Å². The molecular formula is C20H20BrFN2O8S. The molecule has 2 N–H and O–H groups in total. The first kappa shape index (κ1) is 26.2. The molecule has 1 fully saturated rings. The fourth-order valence-electron chi connectivity index (χ4n) is 2.70. The van der Waals surface area contributed by atoms with Gasteiger partial charge >= 0.3 is 11.9 Å². The molecule has 0 unspecified atom stereocenters. The number of aliphatic carboxylic acids is 2. The van der Waals surface area contributed by atoms with Crippen molar-refractivity contribution in [2.45, 2.75) is 4.90 Å². The molecule has 1 aliphatic rings. The number of nitrogens with zero attached hydrogens (tertiary/aromatic N) is 2. The fourth-order valence-corrected chi connectivity index (χ4v) is 4.39. The number of benzene rings is 2. The van der Waals surface area contributed by atoms with Crippen LogP contribution < -0.4 is 4.74 Å². The molecule has 1 heterocycles. The minimum Gasteiger partial charge on any atom is -0.484 e. The molecule has 2 aromatic rings. The number of hydrogen-bond donors (Lipinski definition) is 2. The molecule has 0 aliphatic carbocycles. The zero-order valence-electron chi connectivity index (χ0n) is 17.1. The van der Waals surface area contributed by atoms with Crippen LogP contribution in [0.3, 0.4) is 0 Å². The van der Waals surface area contributed by atoms with E-state index in [9.17, 15) is 17.6 Å². The van der Waals surface area contributed by atoms with E-state index in [0.717, 1.165) is 16.6 Å². The average Bonchev–Trinajstić information content (AvgIpc) is 2.79. The third kappa shape index (κ3) is 7.80. The summed E-state index contributed by atoms with van der Waals surface area (Å²) in [5.74, 6) is -3.75. The van der Waals surface area contributed by atoms with Gasteiger partial charge in [-0.15, -0.1) is 0 Å². The Labute approximate surface area is 197 Å². The minimum absolute atomic E-state index is 0.0437. The number of carboxylic acid groups (broad SMARTS) is 2. The molecule has 0 spiro atoms. The number of hydrogen-bond acceptors (Lipinski definition) is 6. The number of piperazine rings is 1. The van der Waals surface area contributed by atoms with E-state index in [4.69, 9.17) is 24.5 Å². The van der Waals surface area contributed by atoms with E-state index in [-0.39, 0.29) is 43.6 Å². The summed E-state index contributed by atoms with van der Waals surface area (Å²) in [6, 6.07) is 11.9. The third-order valence-electron chi connectivity index (χ3n) is 4.40. The summed E-state index contributed by atoms with van der Waals surface area (Å²) >= 11 is 3.33. The number of carboxylic acids is 2. The Morgan fingerprint density at radius 3 is 1.91 bits per heavy atom. The van der Waals surface area contributed by atoms with Gasteiger partial charge in [0.2, 0.25) is 10.0 Å². The lowest BCUT2D eigenvalue weighted by Crippen LogP contribution is -2.51. The normalized spacial score (nSPS) is 14.1. The summed E-state index contributed by atoms with van der Waals surface area (Å²) in [7, 11) is -3.69. The lowest BCUT2D eigenvalue weighted by Gasteiger charge is -2.34. The third-order valence-corrected chi connectivity index (χ3v) is 6.84. The highest BCUT2D eigenvalue weighted by atomic mass is 79.9.